The molecule has 0 radical (unpaired) electrons. The van der Waals surface area contributed by atoms with E-state index in [2.05, 4.69) is 65.3 Å². The standard InChI is InChI=1S/C21H19NO2S.C4H3NO2S/c1-23-18-10-4-5-11-19(18)24-15-14-22-16-8-2-6-12-20(16)25-21-13-7-3-9-17(21)22;1-2-3(6)5-4(7)8-2/h2-13H,14-15H2,1H3;1H2,(H,5,6,7). The Labute approximate surface area is 201 Å². The van der Waals surface area contributed by atoms with E-state index in [-0.39, 0.29) is 16.1 Å². The normalized spacial score (nSPS) is 14.0. The van der Waals surface area contributed by atoms with E-state index in [0.717, 1.165) is 29.8 Å². The van der Waals surface area contributed by atoms with Crippen molar-refractivity contribution in [2.75, 3.05) is 25.2 Å². The molecule has 3 aromatic rings. The molecule has 3 aromatic carbocycles. The quantitative estimate of drug-likeness (QED) is 0.461. The number of methoxy groups -OCH3 is 1. The van der Waals surface area contributed by atoms with Crippen LogP contribution in [0.3, 0.4) is 0 Å². The maximum atomic E-state index is 10.3. The number of hydrogen-bond acceptors (Lipinski definition) is 7. The first-order chi connectivity index (χ1) is 16.1. The lowest BCUT2D eigenvalue weighted by Crippen LogP contribution is -2.26. The molecule has 0 bridgehead atoms. The van der Waals surface area contributed by atoms with Crippen molar-refractivity contribution in [2.24, 2.45) is 0 Å². The summed E-state index contributed by atoms with van der Waals surface area (Å²) in [6.07, 6.45) is 0. The largest absolute Gasteiger partial charge is 0.493 e. The summed E-state index contributed by atoms with van der Waals surface area (Å²) in [6, 6.07) is 24.8. The molecule has 1 fully saturated rings. The molecule has 8 heteroatoms. The third kappa shape index (κ3) is 5.35. The van der Waals surface area contributed by atoms with E-state index < -0.39 is 0 Å². The lowest BCUT2D eigenvalue weighted by Gasteiger charge is -2.32. The van der Waals surface area contributed by atoms with Crippen LogP contribution >= 0.6 is 23.5 Å². The molecule has 0 saturated carbocycles. The van der Waals surface area contributed by atoms with E-state index in [4.69, 9.17) is 9.47 Å². The van der Waals surface area contributed by atoms with Gasteiger partial charge < -0.3 is 14.4 Å². The minimum Gasteiger partial charge on any atom is -0.493 e. The van der Waals surface area contributed by atoms with Crippen LogP contribution < -0.4 is 19.7 Å². The summed E-state index contributed by atoms with van der Waals surface area (Å²) in [7, 11) is 1.66. The number of amides is 2. The second-order valence-corrected chi connectivity index (χ2v) is 9.11. The summed E-state index contributed by atoms with van der Waals surface area (Å²) in [5.41, 5.74) is 2.46. The summed E-state index contributed by atoms with van der Waals surface area (Å²) in [5, 5.41) is 1.72. The predicted molar refractivity (Wildman–Crippen MR) is 133 cm³/mol. The number of thioether (sulfide) groups is 1. The number of carbonyl (C=O) groups excluding carboxylic acids is 2. The number of para-hydroxylation sites is 4. The minimum atomic E-state index is -0.375. The summed E-state index contributed by atoms with van der Waals surface area (Å²) in [6.45, 7) is 4.66. The molecule has 2 heterocycles. The zero-order valence-electron chi connectivity index (χ0n) is 17.9. The van der Waals surface area contributed by atoms with Gasteiger partial charge in [0, 0.05) is 9.79 Å². The molecular weight excluding hydrogens is 456 g/mol. The maximum absolute atomic E-state index is 10.3. The summed E-state index contributed by atoms with van der Waals surface area (Å²) in [4.78, 5) is 25.7. The lowest BCUT2D eigenvalue weighted by atomic mass is 10.2. The Bertz CT molecular complexity index is 1130. The van der Waals surface area contributed by atoms with Crippen molar-refractivity contribution >= 4 is 46.0 Å². The van der Waals surface area contributed by atoms with Gasteiger partial charge in [0.15, 0.2) is 11.5 Å². The van der Waals surface area contributed by atoms with Crippen LogP contribution in [0.4, 0.5) is 16.2 Å². The first-order valence-corrected chi connectivity index (χ1v) is 11.8. The van der Waals surface area contributed by atoms with E-state index in [0.29, 0.717) is 6.61 Å². The number of carbonyl (C=O) groups is 2. The van der Waals surface area contributed by atoms with Crippen LogP contribution in [0.5, 0.6) is 11.5 Å². The second kappa shape index (κ2) is 10.5. The van der Waals surface area contributed by atoms with Gasteiger partial charge in [-0.3, -0.25) is 14.9 Å². The maximum Gasteiger partial charge on any atom is 0.290 e. The average molecular weight is 479 g/mol. The fourth-order valence-corrected chi connectivity index (χ4v) is 4.96. The van der Waals surface area contributed by atoms with Gasteiger partial charge in [-0.2, -0.15) is 0 Å². The summed E-state index contributed by atoms with van der Waals surface area (Å²) in [5.74, 6) is 1.16. The summed E-state index contributed by atoms with van der Waals surface area (Å²) >= 11 is 2.65. The van der Waals surface area contributed by atoms with Gasteiger partial charge in [0.25, 0.3) is 11.1 Å². The number of anilines is 2. The monoisotopic (exact) mass is 478 g/mol. The third-order valence-electron chi connectivity index (χ3n) is 4.86. The number of nitrogens with one attached hydrogen (secondary N) is 1. The zero-order valence-corrected chi connectivity index (χ0v) is 19.6. The van der Waals surface area contributed by atoms with Crippen molar-refractivity contribution in [1.82, 2.24) is 5.32 Å². The lowest BCUT2D eigenvalue weighted by molar-refractivity contribution is -0.115. The number of imide groups is 1. The zero-order chi connectivity index (χ0) is 23.2. The number of nitrogens with zero attached hydrogens (tertiary/aromatic N) is 1. The second-order valence-electron chi connectivity index (χ2n) is 6.96. The van der Waals surface area contributed by atoms with Crippen molar-refractivity contribution in [1.29, 1.82) is 0 Å². The van der Waals surface area contributed by atoms with Gasteiger partial charge in [0.2, 0.25) is 0 Å². The molecule has 1 saturated heterocycles. The fourth-order valence-electron chi connectivity index (χ4n) is 3.35. The number of hydrogen-bond donors (Lipinski definition) is 1. The Hall–Kier alpha value is -3.36. The Kier molecular flexibility index (Phi) is 7.26. The minimum absolute atomic E-state index is 0.273. The molecule has 2 aliphatic heterocycles. The number of rotatable bonds is 5. The van der Waals surface area contributed by atoms with Crippen molar-refractivity contribution in [3.8, 4) is 11.5 Å². The topological polar surface area (TPSA) is 67.9 Å². The van der Waals surface area contributed by atoms with E-state index in [1.165, 1.54) is 21.2 Å². The number of ether oxygens (including phenoxy) is 2. The van der Waals surface area contributed by atoms with E-state index in [1.54, 1.807) is 7.11 Å². The van der Waals surface area contributed by atoms with Crippen molar-refractivity contribution < 1.29 is 19.1 Å². The van der Waals surface area contributed by atoms with Gasteiger partial charge in [0.1, 0.15) is 6.61 Å². The number of benzene rings is 3. The molecule has 33 heavy (non-hydrogen) atoms. The summed E-state index contributed by atoms with van der Waals surface area (Å²) < 4.78 is 11.3. The van der Waals surface area contributed by atoms with Crippen molar-refractivity contribution in [3.63, 3.8) is 0 Å². The molecule has 0 atom stereocenters. The van der Waals surface area contributed by atoms with Gasteiger partial charge in [0.05, 0.1) is 29.9 Å². The van der Waals surface area contributed by atoms with Crippen molar-refractivity contribution in [2.45, 2.75) is 9.79 Å². The van der Waals surface area contributed by atoms with Crippen LogP contribution in [0.1, 0.15) is 0 Å². The highest BCUT2D eigenvalue weighted by Crippen LogP contribution is 2.47. The third-order valence-corrected chi connectivity index (χ3v) is 6.71. The Balaban J connectivity index is 0.000000275. The van der Waals surface area contributed by atoms with Gasteiger partial charge in [-0.05, 0) is 48.2 Å². The van der Waals surface area contributed by atoms with Crippen molar-refractivity contribution in [3.05, 3.63) is 84.3 Å². The molecule has 0 spiro atoms. The van der Waals surface area contributed by atoms with Gasteiger partial charge in [-0.1, -0.05) is 54.7 Å². The van der Waals surface area contributed by atoms with Gasteiger partial charge in [-0.25, -0.2) is 0 Å². The first kappa shape index (κ1) is 22.8. The highest BCUT2D eigenvalue weighted by Gasteiger charge is 2.23. The van der Waals surface area contributed by atoms with E-state index in [9.17, 15) is 9.59 Å². The Morgan fingerprint density at radius 3 is 1.94 bits per heavy atom. The van der Waals surface area contributed by atoms with Crippen LogP contribution in [0.2, 0.25) is 0 Å². The molecule has 6 nitrogen and oxygen atoms in total. The molecule has 168 valence electrons. The molecular formula is C25H22N2O4S2. The fraction of sp³-hybridized carbons (Fsp3) is 0.120. The molecule has 5 rings (SSSR count). The average Bonchev–Trinajstić information content (AvgIpc) is 3.13. The highest BCUT2D eigenvalue weighted by atomic mass is 32.2. The van der Waals surface area contributed by atoms with Gasteiger partial charge >= 0.3 is 0 Å². The van der Waals surface area contributed by atoms with Gasteiger partial charge in [-0.15, -0.1) is 0 Å². The smallest absolute Gasteiger partial charge is 0.290 e. The van der Waals surface area contributed by atoms with Crippen LogP contribution in [0, 0.1) is 0 Å². The Morgan fingerprint density at radius 2 is 1.42 bits per heavy atom. The molecule has 0 aliphatic carbocycles. The first-order valence-electron chi connectivity index (χ1n) is 10.2. The predicted octanol–water partition coefficient (Wildman–Crippen LogP) is 5.86. The molecule has 0 unspecified atom stereocenters. The molecule has 2 amide bonds. The van der Waals surface area contributed by atoms with E-state index >= 15 is 0 Å². The van der Waals surface area contributed by atoms with Crippen LogP contribution in [-0.2, 0) is 4.79 Å². The Morgan fingerprint density at radius 1 is 0.848 bits per heavy atom. The number of fused-ring (bicyclic) bond motifs is 2. The van der Waals surface area contributed by atoms with Crippen LogP contribution in [0.25, 0.3) is 0 Å². The van der Waals surface area contributed by atoms with E-state index in [1.807, 2.05) is 36.0 Å². The highest BCUT2D eigenvalue weighted by molar-refractivity contribution is 8.18. The SMILES string of the molecule is C=C1SC(=O)NC1=O.COc1ccccc1OCCN1c2ccccc2Sc2ccccc21. The molecule has 1 N–H and O–H groups in total. The molecule has 2 aliphatic rings. The van der Waals surface area contributed by atoms with Crippen LogP contribution in [-0.4, -0.2) is 31.4 Å². The molecule has 0 aromatic heterocycles. The van der Waals surface area contributed by atoms with Crippen LogP contribution in [0.15, 0.2) is 94.1 Å².